The lowest BCUT2D eigenvalue weighted by molar-refractivity contribution is -0.384. The Bertz CT molecular complexity index is 852. The molecule has 2 amide bonds. The summed E-state index contributed by atoms with van der Waals surface area (Å²) in [5.41, 5.74) is 0.192. The number of rotatable bonds is 6. The molecule has 2 N–H and O–H groups in total. The predicted molar refractivity (Wildman–Crippen MR) is 107 cm³/mol. The van der Waals surface area contributed by atoms with Crippen molar-refractivity contribution >= 4 is 39.0 Å². The Morgan fingerprint density at radius 1 is 1.29 bits per heavy atom. The molecule has 1 saturated carbocycles. The number of hydrogen-bond donors (Lipinski definition) is 2. The predicted octanol–water partition coefficient (Wildman–Crippen LogP) is 3.87. The van der Waals surface area contributed by atoms with Gasteiger partial charge in [-0.15, -0.1) is 10.2 Å². The van der Waals surface area contributed by atoms with Crippen LogP contribution in [0.3, 0.4) is 0 Å². The van der Waals surface area contributed by atoms with Gasteiger partial charge in [-0.05, 0) is 18.9 Å². The average molecular weight is 406 g/mol. The fourth-order valence-electron chi connectivity index (χ4n) is 3.18. The molecule has 1 aliphatic rings. The monoisotopic (exact) mass is 406 g/mol. The molecule has 10 nitrogen and oxygen atoms in total. The molecule has 0 aliphatic heterocycles. The van der Waals surface area contributed by atoms with E-state index in [4.69, 9.17) is 4.74 Å². The quantitative estimate of drug-likeness (QED) is 0.551. The van der Waals surface area contributed by atoms with Gasteiger partial charge in [-0.25, -0.2) is 4.79 Å². The topological polar surface area (TPSA) is 123 Å². The maximum absolute atomic E-state index is 12.3. The van der Waals surface area contributed by atoms with E-state index in [-0.39, 0.29) is 11.4 Å². The van der Waals surface area contributed by atoms with Crippen LogP contribution in [-0.4, -0.2) is 41.4 Å². The van der Waals surface area contributed by atoms with Gasteiger partial charge in [0.2, 0.25) is 10.3 Å². The molecule has 11 heteroatoms. The third kappa shape index (κ3) is 4.66. The van der Waals surface area contributed by atoms with Crippen molar-refractivity contribution in [2.75, 3.05) is 29.7 Å². The van der Waals surface area contributed by atoms with E-state index in [0.717, 1.165) is 18.0 Å². The van der Waals surface area contributed by atoms with E-state index < -0.39 is 11.0 Å². The van der Waals surface area contributed by atoms with Gasteiger partial charge in [0.05, 0.1) is 23.8 Å². The number of urea groups is 1. The number of methoxy groups -OCH3 is 1. The number of ether oxygens (including phenoxy) is 1. The minimum atomic E-state index is -0.532. The molecule has 28 heavy (non-hydrogen) atoms. The zero-order chi connectivity index (χ0) is 20.1. The normalized spacial score (nSPS) is 14.4. The highest BCUT2D eigenvalue weighted by Gasteiger charge is 2.21. The summed E-state index contributed by atoms with van der Waals surface area (Å²) in [6, 6.07) is 3.87. The fourth-order valence-corrected chi connectivity index (χ4v) is 3.95. The van der Waals surface area contributed by atoms with Crippen molar-refractivity contribution in [1.82, 2.24) is 10.2 Å². The molecule has 0 atom stereocenters. The molecule has 1 aromatic carbocycles. The van der Waals surface area contributed by atoms with Crippen LogP contribution in [-0.2, 0) is 0 Å². The van der Waals surface area contributed by atoms with E-state index in [2.05, 4.69) is 25.7 Å². The first-order chi connectivity index (χ1) is 13.5. The molecule has 0 bridgehead atoms. The second kappa shape index (κ2) is 8.83. The Hall–Kier alpha value is -2.95. The number of non-ortho nitro benzene ring substituents is 1. The molecule has 0 radical (unpaired) electrons. The molecule has 0 unspecified atom stereocenters. The summed E-state index contributed by atoms with van der Waals surface area (Å²) in [7, 11) is 3.38. The van der Waals surface area contributed by atoms with Gasteiger partial charge in [0.1, 0.15) is 5.75 Å². The Morgan fingerprint density at radius 3 is 2.71 bits per heavy atom. The molecule has 150 valence electrons. The zero-order valence-corrected chi connectivity index (χ0v) is 16.5. The number of amides is 2. The first-order valence-corrected chi connectivity index (χ1v) is 9.76. The number of nitrogens with zero attached hydrogens (tertiary/aromatic N) is 4. The van der Waals surface area contributed by atoms with Crippen molar-refractivity contribution in [2.24, 2.45) is 0 Å². The fraction of sp³-hybridized carbons (Fsp3) is 0.471. The maximum Gasteiger partial charge on any atom is 0.325 e. The van der Waals surface area contributed by atoms with Crippen molar-refractivity contribution in [3.63, 3.8) is 0 Å². The highest BCUT2D eigenvalue weighted by molar-refractivity contribution is 7.19. The summed E-state index contributed by atoms with van der Waals surface area (Å²) >= 11 is 1.30. The highest BCUT2D eigenvalue weighted by atomic mass is 32.1. The van der Waals surface area contributed by atoms with Crippen molar-refractivity contribution in [3.8, 4) is 5.75 Å². The maximum atomic E-state index is 12.3. The average Bonchev–Trinajstić information content (AvgIpc) is 3.16. The van der Waals surface area contributed by atoms with Crippen molar-refractivity contribution < 1.29 is 14.5 Å². The van der Waals surface area contributed by atoms with Gasteiger partial charge in [0.15, 0.2) is 0 Å². The van der Waals surface area contributed by atoms with Crippen molar-refractivity contribution in [2.45, 2.75) is 38.1 Å². The Balaban J connectivity index is 1.62. The van der Waals surface area contributed by atoms with Gasteiger partial charge in [-0.3, -0.25) is 15.4 Å². The molecule has 0 spiro atoms. The zero-order valence-electron chi connectivity index (χ0n) is 15.7. The number of aromatic nitrogens is 2. The number of benzene rings is 1. The van der Waals surface area contributed by atoms with Gasteiger partial charge < -0.3 is 15.0 Å². The third-order valence-electron chi connectivity index (χ3n) is 4.70. The number of nitrogens with one attached hydrogen (secondary N) is 2. The summed E-state index contributed by atoms with van der Waals surface area (Å²) < 4.78 is 5.11. The van der Waals surface area contributed by atoms with Gasteiger partial charge in [0.25, 0.3) is 5.69 Å². The second-order valence-corrected chi connectivity index (χ2v) is 7.47. The van der Waals surface area contributed by atoms with Crippen LogP contribution in [0.2, 0.25) is 0 Å². The lowest BCUT2D eigenvalue weighted by atomic mass is 9.95. The number of nitro groups is 1. The molecule has 2 aromatic rings. The number of anilines is 3. The van der Waals surface area contributed by atoms with Crippen molar-refractivity contribution in [3.05, 3.63) is 28.3 Å². The summed E-state index contributed by atoms with van der Waals surface area (Å²) in [4.78, 5) is 24.7. The van der Waals surface area contributed by atoms with Gasteiger partial charge in [-0.1, -0.05) is 30.6 Å². The van der Waals surface area contributed by atoms with Crippen molar-refractivity contribution in [1.29, 1.82) is 0 Å². The summed E-state index contributed by atoms with van der Waals surface area (Å²) in [6.45, 7) is 0. The third-order valence-corrected chi connectivity index (χ3v) is 5.63. The second-order valence-electron chi connectivity index (χ2n) is 6.51. The highest BCUT2D eigenvalue weighted by Crippen LogP contribution is 2.31. The summed E-state index contributed by atoms with van der Waals surface area (Å²) in [5.74, 6) is 0.194. The molecule has 1 aromatic heterocycles. The first-order valence-electron chi connectivity index (χ1n) is 8.94. The Kier molecular flexibility index (Phi) is 6.24. The van der Waals surface area contributed by atoms with Gasteiger partial charge >= 0.3 is 6.03 Å². The Morgan fingerprint density at radius 2 is 2.04 bits per heavy atom. The van der Waals surface area contributed by atoms with Crippen LogP contribution in [0.5, 0.6) is 5.75 Å². The molecule has 1 fully saturated rings. The molecule has 0 saturated heterocycles. The lowest BCUT2D eigenvalue weighted by Crippen LogP contribution is -2.33. The smallest absolute Gasteiger partial charge is 0.325 e. The van der Waals surface area contributed by atoms with Crippen LogP contribution in [0.25, 0.3) is 0 Å². The van der Waals surface area contributed by atoms with Crippen LogP contribution in [0.1, 0.15) is 32.1 Å². The van der Waals surface area contributed by atoms with Crippen LogP contribution >= 0.6 is 11.3 Å². The van der Waals surface area contributed by atoms with Crippen LogP contribution < -0.4 is 20.3 Å². The summed E-state index contributed by atoms with van der Waals surface area (Å²) in [5, 5.41) is 25.4. The standard InChI is InChI=1S/C17H22N6O4S/c1-22(11-6-4-3-5-7-11)17-21-20-16(28-17)19-15(24)18-13-9-8-12(23(25)26)10-14(13)27-2/h8-11H,3-7H2,1-2H3,(H2,18,19,20,24). The largest absolute Gasteiger partial charge is 0.494 e. The van der Waals surface area contributed by atoms with Gasteiger partial charge in [-0.2, -0.15) is 0 Å². The lowest BCUT2D eigenvalue weighted by Gasteiger charge is -2.30. The van der Waals surface area contributed by atoms with E-state index in [1.165, 1.54) is 55.9 Å². The van der Waals surface area contributed by atoms with E-state index >= 15 is 0 Å². The number of carbonyl (C=O) groups excluding carboxylic acids is 1. The van der Waals surface area contributed by atoms with Gasteiger partial charge in [0, 0.05) is 19.2 Å². The first kappa shape index (κ1) is 19.8. The van der Waals surface area contributed by atoms with E-state index in [0.29, 0.717) is 16.9 Å². The van der Waals surface area contributed by atoms with Crippen LogP contribution in [0, 0.1) is 10.1 Å². The molecular formula is C17H22N6O4S. The van der Waals surface area contributed by atoms with E-state index in [1.54, 1.807) is 0 Å². The van der Waals surface area contributed by atoms with Crippen LogP contribution in [0.4, 0.5) is 26.4 Å². The number of hydrogen-bond acceptors (Lipinski definition) is 8. The minimum absolute atomic E-state index is 0.123. The Labute approximate surface area is 166 Å². The molecular weight excluding hydrogens is 384 g/mol. The van der Waals surface area contributed by atoms with E-state index in [9.17, 15) is 14.9 Å². The SMILES string of the molecule is COc1cc([N+](=O)[O-])ccc1NC(=O)Nc1nnc(N(C)C2CCCCC2)s1. The number of nitro benzene ring substituents is 1. The van der Waals surface area contributed by atoms with Crippen LogP contribution in [0.15, 0.2) is 18.2 Å². The summed E-state index contributed by atoms with van der Waals surface area (Å²) in [6.07, 6.45) is 5.99. The van der Waals surface area contributed by atoms with E-state index in [1.807, 2.05) is 7.05 Å². The number of carbonyl (C=O) groups is 1. The minimum Gasteiger partial charge on any atom is -0.494 e. The molecule has 3 rings (SSSR count). The molecule has 1 aliphatic carbocycles. The molecule has 1 heterocycles.